The van der Waals surface area contributed by atoms with Crippen LogP contribution >= 0.6 is 11.6 Å². The molecule has 0 amide bonds. The van der Waals surface area contributed by atoms with Crippen LogP contribution in [0.1, 0.15) is 39.7 Å². The molecule has 3 aromatic rings. The topological polar surface area (TPSA) is 129 Å². The molecule has 2 aromatic heterocycles. The number of carboxylic acid groups (broad SMARTS) is 1. The molecule has 0 aliphatic heterocycles. The van der Waals surface area contributed by atoms with E-state index in [1.807, 2.05) is 6.07 Å². The zero-order valence-corrected chi connectivity index (χ0v) is 14.5. The lowest BCUT2D eigenvalue weighted by atomic mass is 10.0. The summed E-state index contributed by atoms with van der Waals surface area (Å²) in [6.45, 7) is 0. The van der Waals surface area contributed by atoms with Crippen molar-refractivity contribution in [1.82, 2.24) is 20.2 Å². The van der Waals surface area contributed by atoms with E-state index in [0.29, 0.717) is 5.69 Å². The SMILES string of the molecule is O=C(O)c1cccc(C2CC2c2cc(-c3c[nH]c(=O)[nH]c3=O)nnc2Cl)c1. The molecule has 136 valence electrons. The molecular weight excluding hydrogens is 372 g/mol. The quantitative estimate of drug-likeness (QED) is 0.632. The lowest BCUT2D eigenvalue weighted by Gasteiger charge is -2.06. The van der Waals surface area contributed by atoms with E-state index >= 15 is 0 Å². The summed E-state index contributed by atoms with van der Waals surface area (Å²) in [5.74, 6) is -0.803. The summed E-state index contributed by atoms with van der Waals surface area (Å²) in [5, 5.41) is 17.3. The van der Waals surface area contributed by atoms with E-state index in [0.717, 1.165) is 17.5 Å². The van der Waals surface area contributed by atoms with Crippen molar-refractivity contribution in [3.05, 3.63) is 79.2 Å². The second-order valence-corrected chi connectivity index (χ2v) is 6.70. The number of aromatic carboxylic acids is 1. The molecule has 4 rings (SSSR count). The Bertz CT molecular complexity index is 1170. The number of aromatic nitrogens is 4. The van der Waals surface area contributed by atoms with Crippen LogP contribution < -0.4 is 11.2 Å². The maximum absolute atomic E-state index is 12.0. The van der Waals surface area contributed by atoms with E-state index in [-0.39, 0.29) is 28.1 Å². The lowest BCUT2D eigenvalue weighted by molar-refractivity contribution is 0.0696. The molecule has 27 heavy (non-hydrogen) atoms. The Balaban J connectivity index is 1.67. The highest BCUT2D eigenvalue weighted by atomic mass is 35.5. The number of carbonyl (C=O) groups is 1. The monoisotopic (exact) mass is 384 g/mol. The van der Waals surface area contributed by atoms with Gasteiger partial charge in [0.1, 0.15) is 5.69 Å². The number of hydrogen-bond acceptors (Lipinski definition) is 5. The average molecular weight is 385 g/mol. The van der Waals surface area contributed by atoms with Gasteiger partial charge in [-0.25, -0.2) is 9.59 Å². The molecule has 0 saturated heterocycles. The highest BCUT2D eigenvalue weighted by molar-refractivity contribution is 6.30. The van der Waals surface area contributed by atoms with Crippen LogP contribution in [-0.2, 0) is 0 Å². The third-order valence-electron chi connectivity index (χ3n) is 4.62. The zero-order valence-electron chi connectivity index (χ0n) is 13.8. The van der Waals surface area contributed by atoms with Gasteiger partial charge in [-0.1, -0.05) is 23.7 Å². The van der Waals surface area contributed by atoms with Crippen LogP contribution in [0.15, 0.2) is 46.1 Å². The minimum atomic E-state index is -0.975. The largest absolute Gasteiger partial charge is 0.478 e. The Morgan fingerprint density at radius 3 is 2.74 bits per heavy atom. The van der Waals surface area contributed by atoms with Gasteiger partial charge in [0, 0.05) is 6.20 Å². The first-order valence-electron chi connectivity index (χ1n) is 8.13. The van der Waals surface area contributed by atoms with Crippen molar-refractivity contribution < 1.29 is 9.90 Å². The van der Waals surface area contributed by atoms with Gasteiger partial charge >= 0.3 is 11.7 Å². The van der Waals surface area contributed by atoms with E-state index in [9.17, 15) is 14.4 Å². The van der Waals surface area contributed by atoms with Crippen molar-refractivity contribution in [3.8, 4) is 11.3 Å². The van der Waals surface area contributed by atoms with E-state index in [4.69, 9.17) is 16.7 Å². The Morgan fingerprint density at radius 2 is 2.00 bits per heavy atom. The standard InChI is InChI=1S/C18H13ClN4O4/c19-15-12(6-14(22-23-15)13-7-20-18(27)21-16(13)24)11-5-10(11)8-2-1-3-9(4-8)17(25)26/h1-4,6-7,10-11H,5H2,(H,25,26)(H2,20,21,24,27). The molecule has 1 aliphatic rings. The van der Waals surface area contributed by atoms with Gasteiger partial charge in [0.2, 0.25) is 0 Å². The molecule has 3 N–H and O–H groups in total. The smallest absolute Gasteiger partial charge is 0.335 e. The Morgan fingerprint density at radius 1 is 1.19 bits per heavy atom. The Labute approximate surface area is 156 Å². The van der Waals surface area contributed by atoms with Gasteiger partial charge in [0.05, 0.1) is 11.1 Å². The van der Waals surface area contributed by atoms with Crippen LogP contribution in [0, 0.1) is 0 Å². The molecule has 1 fully saturated rings. The second-order valence-electron chi connectivity index (χ2n) is 6.34. The van der Waals surface area contributed by atoms with Gasteiger partial charge in [-0.2, -0.15) is 0 Å². The van der Waals surface area contributed by atoms with Crippen molar-refractivity contribution >= 4 is 17.6 Å². The summed E-state index contributed by atoms with van der Waals surface area (Å²) in [7, 11) is 0. The fourth-order valence-corrected chi connectivity index (χ4v) is 3.42. The minimum absolute atomic E-state index is 0.0534. The molecule has 0 bridgehead atoms. The molecule has 2 heterocycles. The third-order valence-corrected chi connectivity index (χ3v) is 4.92. The third kappa shape index (κ3) is 3.26. The van der Waals surface area contributed by atoms with Crippen LogP contribution in [0.2, 0.25) is 5.15 Å². The van der Waals surface area contributed by atoms with Crippen molar-refractivity contribution in [2.24, 2.45) is 0 Å². The Hall–Kier alpha value is -3.26. The van der Waals surface area contributed by atoms with Gasteiger partial charge in [0.15, 0.2) is 5.15 Å². The van der Waals surface area contributed by atoms with Crippen molar-refractivity contribution in [1.29, 1.82) is 0 Å². The first-order chi connectivity index (χ1) is 12.9. The second kappa shape index (κ2) is 6.48. The Kier molecular flexibility index (Phi) is 4.12. The highest BCUT2D eigenvalue weighted by Gasteiger charge is 2.41. The fraction of sp³-hybridized carbons (Fsp3) is 0.167. The molecule has 1 aromatic carbocycles. The number of aromatic amines is 2. The first-order valence-corrected chi connectivity index (χ1v) is 8.50. The number of nitrogens with zero attached hydrogens (tertiary/aromatic N) is 2. The van der Waals surface area contributed by atoms with Gasteiger partial charge in [-0.05, 0) is 47.6 Å². The van der Waals surface area contributed by atoms with Crippen LogP contribution in [0.25, 0.3) is 11.3 Å². The summed E-state index contributed by atoms with van der Waals surface area (Å²) in [6, 6.07) is 8.48. The van der Waals surface area contributed by atoms with Crippen LogP contribution in [-0.4, -0.2) is 31.2 Å². The predicted octanol–water partition coefficient (Wildman–Crippen LogP) is 2.14. The molecule has 0 radical (unpaired) electrons. The van der Waals surface area contributed by atoms with Crippen molar-refractivity contribution in [2.45, 2.75) is 18.3 Å². The summed E-state index contributed by atoms with van der Waals surface area (Å²) in [5.41, 5.74) is 1.20. The van der Waals surface area contributed by atoms with Crippen LogP contribution in [0.4, 0.5) is 0 Å². The number of hydrogen-bond donors (Lipinski definition) is 3. The van der Waals surface area contributed by atoms with E-state index in [2.05, 4.69) is 20.2 Å². The van der Waals surface area contributed by atoms with Gasteiger partial charge in [-0.15, -0.1) is 10.2 Å². The molecule has 8 nitrogen and oxygen atoms in total. The maximum Gasteiger partial charge on any atom is 0.335 e. The molecule has 1 saturated carbocycles. The number of nitrogens with one attached hydrogen (secondary N) is 2. The number of rotatable bonds is 4. The van der Waals surface area contributed by atoms with Crippen molar-refractivity contribution in [2.75, 3.05) is 0 Å². The fourth-order valence-electron chi connectivity index (χ4n) is 3.19. The number of halogens is 1. The average Bonchev–Trinajstić information content (AvgIpc) is 3.43. The van der Waals surface area contributed by atoms with Crippen LogP contribution in [0.3, 0.4) is 0 Å². The molecule has 2 unspecified atom stereocenters. The maximum atomic E-state index is 12.0. The summed E-state index contributed by atoms with van der Waals surface area (Å²) in [6.07, 6.45) is 2.07. The minimum Gasteiger partial charge on any atom is -0.478 e. The summed E-state index contributed by atoms with van der Waals surface area (Å²) >= 11 is 6.21. The molecule has 2 atom stereocenters. The lowest BCUT2D eigenvalue weighted by Crippen LogP contribution is -2.23. The molecular formula is C18H13ClN4O4. The number of benzene rings is 1. The first kappa shape index (κ1) is 17.2. The molecule has 9 heteroatoms. The number of H-pyrrole nitrogens is 2. The molecule has 1 aliphatic carbocycles. The van der Waals surface area contributed by atoms with E-state index < -0.39 is 17.2 Å². The predicted molar refractivity (Wildman–Crippen MR) is 97.2 cm³/mol. The summed E-state index contributed by atoms with van der Waals surface area (Å²) in [4.78, 5) is 38.9. The highest BCUT2D eigenvalue weighted by Crippen LogP contribution is 2.56. The van der Waals surface area contributed by atoms with Gasteiger partial charge < -0.3 is 10.1 Å². The zero-order chi connectivity index (χ0) is 19.1. The number of carboxylic acids is 1. The van der Waals surface area contributed by atoms with E-state index in [1.54, 1.807) is 24.3 Å². The van der Waals surface area contributed by atoms with E-state index in [1.165, 1.54) is 6.20 Å². The van der Waals surface area contributed by atoms with Crippen molar-refractivity contribution in [3.63, 3.8) is 0 Å². The van der Waals surface area contributed by atoms with Gasteiger partial charge in [-0.3, -0.25) is 9.78 Å². The normalized spacial score (nSPS) is 18.3. The molecule has 0 spiro atoms. The van der Waals surface area contributed by atoms with Gasteiger partial charge in [0.25, 0.3) is 5.56 Å². The summed E-state index contributed by atoms with van der Waals surface area (Å²) < 4.78 is 0. The van der Waals surface area contributed by atoms with Crippen LogP contribution in [0.5, 0.6) is 0 Å².